The van der Waals surface area contributed by atoms with Crippen molar-refractivity contribution in [1.82, 2.24) is 4.98 Å². The third-order valence-electron chi connectivity index (χ3n) is 6.28. The Morgan fingerprint density at radius 2 is 1.97 bits per heavy atom. The monoisotopic (exact) mass is 404 g/mol. The van der Waals surface area contributed by atoms with Crippen LogP contribution in [0, 0.1) is 6.92 Å². The van der Waals surface area contributed by atoms with Crippen LogP contribution < -0.4 is 16.0 Å². The number of aryl methyl sites for hydroxylation is 1. The van der Waals surface area contributed by atoms with E-state index < -0.39 is 0 Å². The zero-order valence-corrected chi connectivity index (χ0v) is 17.4. The minimum atomic E-state index is -0.0349. The second kappa shape index (κ2) is 7.01. The summed E-state index contributed by atoms with van der Waals surface area (Å²) < 4.78 is 6.53. The number of methoxy groups -OCH3 is 1. The van der Waals surface area contributed by atoms with Gasteiger partial charge in [0.15, 0.2) is 0 Å². The van der Waals surface area contributed by atoms with Crippen molar-refractivity contribution >= 4 is 32.3 Å². The molecule has 0 bridgehead atoms. The Balaban J connectivity index is 1.77. The van der Waals surface area contributed by atoms with Crippen LogP contribution in [-0.2, 0) is 0 Å². The highest BCUT2D eigenvalue weighted by Crippen LogP contribution is 2.42. The van der Waals surface area contributed by atoms with Crippen molar-refractivity contribution in [1.29, 1.82) is 0 Å². The molecule has 148 valence electrons. The molecule has 3 N–H and O–H groups in total. The number of H-pyrrole nitrogens is 1. The number of benzene rings is 2. The van der Waals surface area contributed by atoms with E-state index in [-0.39, 0.29) is 11.6 Å². The lowest BCUT2D eigenvalue weighted by atomic mass is 9.90. The van der Waals surface area contributed by atoms with Gasteiger partial charge in [0.1, 0.15) is 10.4 Å². The van der Waals surface area contributed by atoms with Crippen LogP contribution in [0.4, 0.5) is 0 Å². The highest BCUT2D eigenvalue weighted by atomic mass is 32.1. The Labute approximate surface area is 173 Å². The first-order valence-corrected chi connectivity index (χ1v) is 10.9. The van der Waals surface area contributed by atoms with Gasteiger partial charge in [0.2, 0.25) is 0 Å². The smallest absolute Gasteiger partial charge is 0.266 e. The number of rotatable bonds is 3. The molecular formula is C24H24N2O2S. The van der Waals surface area contributed by atoms with Crippen LogP contribution >= 0.6 is 11.3 Å². The maximum absolute atomic E-state index is 12.5. The van der Waals surface area contributed by atoms with Crippen molar-refractivity contribution in [3.05, 3.63) is 63.3 Å². The summed E-state index contributed by atoms with van der Waals surface area (Å²) in [5.41, 5.74) is 11.6. The summed E-state index contributed by atoms with van der Waals surface area (Å²) in [6, 6.07) is 13.0. The molecule has 1 fully saturated rings. The lowest BCUT2D eigenvalue weighted by Gasteiger charge is -2.18. The summed E-state index contributed by atoms with van der Waals surface area (Å²) in [6.07, 6.45) is 3.47. The molecule has 2 heterocycles. The van der Waals surface area contributed by atoms with Crippen LogP contribution in [0.2, 0.25) is 0 Å². The van der Waals surface area contributed by atoms with Crippen molar-refractivity contribution < 1.29 is 4.74 Å². The van der Waals surface area contributed by atoms with Crippen molar-refractivity contribution in [2.75, 3.05) is 7.11 Å². The number of aromatic amines is 1. The number of ether oxygens (including phenoxy) is 1. The minimum Gasteiger partial charge on any atom is -0.496 e. The molecule has 4 aromatic rings. The first-order chi connectivity index (χ1) is 14.1. The van der Waals surface area contributed by atoms with Gasteiger partial charge in [0.05, 0.1) is 12.6 Å². The van der Waals surface area contributed by atoms with Gasteiger partial charge in [0, 0.05) is 22.4 Å². The molecule has 0 radical (unpaired) electrons. The Bertz CT molecular complexity index is 1270. The molecule has 1 aliphatic rings. The second-order valence-electron chi connectivity index (χ2n) is 7.96. The van der Waals surface area contributed by atoms with Crippen molar-refractivity contribution in [2.45, 2.75) is 38.1 Å². The van der Waals surface area contributed by atoms with Gasteiger partial charge >= 0.3 is 0 Å². The van der Waals surface area contributed by atoms with Crippen molar-refractivity contribution in [3.8, 4) is 16.9 Å². The van der Waals surface area contributed by atoms with E-state index in [1.165, 1.54) is 23.3 Å². The zero-order valence-electron chi connectivity index (χ0n) is 16.6. The number of hydrogen-bond acceptors (Lipinski definition) is 4. The molecule has 0 aliphatic heterocycles. The van der Waals surface area contributed by atoms with Gasteiger partial charge in [-0.25, -0.2) is 0 Å². The number of aromatic nitrogens is 1. The third-order valence-corrected chi connectivity index (χ3v) is 7.20. The number of pyridine rings is 1. The molecule has 2 aromatic heterocycles. The largest absolute Gasteiger partial charge is 0.496 e. The van der Waals surface area contributed by atoms with Gasteiger partial charge in [-0.05, 0) is 59.9 Å². The molecule has 0 unspecified atom stereocenters. The van der Waals surface area contributed by atoms with E-state index in [4.69, 9.17) is 10.5 Å². The third kappa shape index (κ3) is 2.88. The summed E-state index contributed by atoms with van der Waals surface area (Å²) >= 11 is 1.47. The van der Waals surface area contributed by atoms with E-state index >= 15 is 0 Å². The molecule has 5 heteroatoms. The standard InChI is InChI=1S/C24H24N2O2S/c1-13-12-19(28-2)20(21-17-10-11-29-23(17)24(27)26-22(13)21)15-8-6-14(7-9-15)16-4-3-5-18(16)25/h6-12,16,18H,3-5,25H2,1-2H3,(H,26,27)/t16-,18-/m0/s1. The quantitative estimate of drug-likeness (QED) is 0.485. The van der Waals surface area contributed by atoms with E-state index in [9.17, 15) is 4.79 Å². The average molecular weight is 405 g/mol. The summed E-state index contributed by atoms with van der Waals surface area (Å²) in [5, 5.41) is 4.00. The maximum Gasteiger partial charge on any atom is 0.266 e. The molecule has 1 aliphatic carbocycles. The highest BCUT2D eigenvalue weighted by Gasteiger charge is 2.25. The van der Waals surface area contributed by atoms with E-state index in [0.29, 0.717) is 5.92 Å². The SMILES string of the molecule is COc1cc(C)c2[nH]c(=O)c3sccc3c2c1-c1ccc([C@@H]2CCC[C@@H]2N)cc1. The molecule has 29 heavy (non-hydrogen) atoms. The Morgan fingerprint density at radius 3 is 2.66 bits per heavy atom. The van der Waals surface area contributed by atoms with Gasteiger partial charge in [-0.1, -0.05) is 30.7 Å². The van der Waals surface area contributed by atoms with E-state index in [1.807, 2.05) is 24.4 Å². The Morgan fingerprint density at radius 1 is 1.17 bits per heavy atom. The average Bonchev–Trinajstić information content (AvgIpc) is 3.38. The molecule has 0 spiro atoms. The number of nitrogens with two attached hydrogens (primary N) is 1. The molecule has 2 atom stereocenters. The fourth-order valence-electron chi connectivity index (χ4n) is 4.82. The van der Waals surface area contributed by atoms with Crippen molar-refractivity contribution in [3.63, 3.8) is 0 Å². The Kier molecular flexibility index (Phi) is 4.45. The number of fused-ring (bicyclic) bond motifs is 3. The first-order valence-electron chi connectivity index (χ1n) is 10.0. The topological polar surface area (TPSA) is 68.1 Å². The van der Waals surface area contributed by atoms with Gasteiger partial charge in [-0.15, -0.1) is 11.3 Å². The first kappa shape index (κ1) is 18.4. The molecule has 1 saturated carbocycles. The van der Waals surface area contributed by atoms with Gasteiger partial charge in [0.25, 0.3) is 5.56 Å². The van der Waals surface area contributed by atoms with Crippen LogP contribution in [-0.4, -0.2) is 18.1 Å². The van der Waals surface area contributed by atoms with E-state index in [0.717, 1.165) is 56.3 Å². The molecule has 4 nitrogen and oxygen atoms in total. The van der Waals surface area contributed by atoms with E-state index in [1.54, 1.807) is 7.11 Å². The predicted molar refractivity (Wildman–Crippen MR) is 121 cm³/mol. The van der Waals surface area contributed by atoms with Crippen LogP contribution in [0.3, 0.4) is 0 Å². The van der Waals surface area contributed by atoms with Crippen molar-refractivity contribution in [2.24, 2.45) is 5.73 Å². The van der Waals surface area contributed by atoms with Crippen LogP contribution in [0.5, 0.6) is 5.75 Å². The molecule has 0 amide bonds. The summed E-state index contributed by atoms with van der Waals surface area (Å²) in [4.78, 5) is 15.6. The van der Waals surface area contributed by atoms with Crippen LogP contribution in [0.25, 0.3) is 32.1 Å². The van der Waals surface area contributed by atoms with Crippen LogP contribution in [0.15, 0.2) is 46.6 Å². The lowest BCUT2D eigenvalue weighted by Crippen LogP contribution is -2.22. The lowest BCUT2D eigenvalue weighted by molar-refractivity contribution is 0.416. The molecule has 5 rings (SSSR count). The molecule has 2 aromatic carbocycles. The number of hydrogen-bond donors (Lipinski definition) is 2. The Hall–Kier alpha value is -2.63. The predicted octanol–water partition coefficient (Wildman–Crippen LogP) is 5.32. The summed E-state index contributed by atoms with van der Waals surface area (Å²) in [6.45, 7) is 2.01. The normalized spacial score (nSPS) is 19.3. The van der Waals surface area contributed by atoms with Gasteiger partial charge < -0.3 is 15.5 Å². The van der Waals surface area contributed by atoms with Gasteiger partial charge in [-0.3, -0.25) is 4.79 Å². The number of nitrogens with one attached hydrogen (secondary N) is 1. The molecule has 0 saturated heterocycles. The van der Waals surface area contributed by atoms with Crippen LogP contribution in [0.1, 0.15) is 36.3 Å². The second-order valence-corrected chi connectivity index (χ2v) is 8.88. The maximum atomic E-state index is 12.5. The van der Waals surface area contributed by atoms with Gasteiger partial charge in [-0.2, -0.15) is 0 Å². The fraction of sp³-hybridized carbons (Fsp3) is 0.292. The zero-order chi connectivity index (χ0) is 20.1. The number of thiophene rings is 1. The minimum absolute atomic E-state index is 0.0349. The highest BCUT2D eigenvalue weighted by molar-refractivity contribution is 7.17. The summed E-state index contributed by atoms with van der Waals surface area (Å²) in [7, 11) is 1.70. The summed E-state index contributed by atoms with van der Waals surface area (Å²) in [5.74, 6) is 1.26. The fourth-order valence-corrected chi connectivity index (χ4v) is 5.61. The van der Waals surface area contributed by atoms with E-state index in [2.05, 4.69) is 29.2 Å². The molecular weight excluding hydrogens is 380 g/mol.